The van der Waals surface area contributed by atoms with E-state index < -0.39 is 16.0 Å². The van der Waals surface area contributed by atoms with E-state index in [9.17, 15) is 18.3 Å². The van der Waals surface area contributed by atoms with Crippen molar-refractivity contribution in [2.24, 2.45) is 0 Å². The van der Waals surface area contributed by atoms with Gasteiger partial charge in [0.2, 0.25) is 16.0 Å². The normalized spacial score (nSPS) is 13.4. The van der Waals surface area contributed by atoms with Gasteiger partial charge < -0.3 is 20.4 Å². The van der Waals surface area contributed by atoms with Crippen LogP contribution in [0.2, 0.25) is 0 Å². The molecular weight excluding hydrogens is 446 g/mol. The maximum absolute atomic E-state index is 12.3. The Bertz CT molecular complexity index is 1260. The molecule has 11 heteroatoms. The molecule has 0 unspecified atom stereocenters. The van der Waals surface area contributed by atoms with Gasteiger partial charge in [-0.3, -0.25) is 4.79 Å². The summed E-state index contributed by atoms with van der Waals surface area (Å²) in [5.41, 5.74) is 2.40. The van der Waals surface area contributed by atoms with Gasteiger partial charge in [-0.25, -0.2) is 18.1 Å². The Hall–Kier alpha value is -3.70. The summed E-state index contributed by atoms with van der Waals surface area (Å²) in [7, 11) is -3.80. The molecule has 2 heterocycles. The number of carboxylic acid groups (broad SMARTS) is 1. The second-order valence-electron chi connectivity index (χ2n) is 7.46. The quantitative estimate of drug-likeness (QED) is 0.391. The smallest absolute Gasteiger partial charge is 0.304 e. The molecule has 0 atom stereocenters. The Morgan fingerprint density at radius 3 is 2.67 bits per heavy atom. The van der Waals surface area contributed by atoms with Crippen molar-refractivity contribution in [2.45, 2.75) is 24.2 Å². The number of hydrogen-bond acceptors (Lipinski definition) is 8. The fourth-order valence-electron chi connectivity index (χ4n) is 3.63. The summed E-state index contributed by atoms with van der Waals surface area (Å²) in [5, 5.41) is 21.9. The van der Waals surface area contributed by atoms with Crippen LogP contribution in [-0.2, 0) is 21.2 Å². The maximum atomic E-state index is 12.3. The number of rotatable bonds is 8. The summed E-state index contributed by atoms with van der Waals surface area (Å²) in [6.07, 6.45) is 3.02. The Kier molecular flexibility index (Phi) is 6.43. The predicted octanol–water partition coefficient (Wildman–Crippen LogP) is 2.76. The minimum atomic E-state index is -3.80. The number of aromatic nitrogens is 2. The van der Waals surface area contributed by atoms with Crippen LogP contribution in [0, 0.1) is 0 Å². The van der Waals surface area contributed by atoms with Gasteiger partial charge in [0.15, 0.2) is 0 Å². The van der Waals surface area contributed by atoms with Crippen LogP contribution in [-0.4, -0.2) is 47.7 Å². The van der Waals surface area contributed by atoms with Crippen molar-refractivity contribution in [1.29, 1.82) is 0 Å². The summed E-state index contributed by atoms with van der Waals surface area (Å²) in [6.45, 7) is 0.573. The van der Waals surface area contributed by atoms with Crippen LogP contribution in [0.1, 0.15) is 18.4 Å². The van der Waals surface area contributed by atoms with E-state index in [-0.39, 0.29) is 23.6 Å². The highest BCUT2D eigenvalue weighted by Gasteiger charge is 2.22. The zero-order chi connectivity index (χ0) is 23.4. The number of aromatic hydroxyl groups is 1. The van der Waals surface area contributed by atoms with Crippen LogP contribution in [0.4, 0.5) is 23.1 Å². The molecule has 172 valence electrons. The van der Waals surface area contributed by atoms with Gasteiger partial charge in [-0.2, -0.15) is 4.98 Å². The molecule has 0 saturated carbocycles. The first-order valence-corrected chi connectivity index (χ1v) is 11.8. The molecule has 1 aliphatic heterocycles. The number of hydrogen-bond donors (Lipinski definition) is 4. The molecule has 2 aromatic carbocycles. The number of sulfonamides is 1. The maximum Gasteiger partial charge on any atom is 0.304 e. The Balaban J connectivity index is 1.49. The Labute approximate surface area is 191 Å². The number of carboxylic acids is 1. The lowest BCUT2D eigenvalue weighted by molar-refractivity contribution is -0.136. The van der Waals surface area contributed by atoms with Gasteiger partial charge in [-0.15, -0.1) is 0 Å². The molecule has 0 amide bonds. The molecule has 4 rings (SSSR count). The summed E-state index contributed by atoms with van der Waals surface area (Å²) in [4.78, 5) is 21.5. The molecule has 10 nitrogen and oxygen atoms in total. The molecule has 4 N–H and O–H groups in total. The average Bonchev–Trinajstić information content (AvgIpc) is 2.79. The van der Waals surface area contributed by atoms with E-state index in [4.69, 9.17) is 5.11 Å². The highest BCUT2D eigenvalue weighted by Crippen LogP contribution is 2.37. The minimum Gasteiger partial charge on any atom is -0.508 e. The lowest BCUT2D eigenvalue weighted by Gasteiger charge is -2.30. The number of aliphatic carboxylic acids is 1. The van der Waals surface area contributed by atoms with Gasteiger partial charge in [-0.1, -0.05) is 6.07 Å². The molecule has 0 bridgehead atoms. The van der Waals surface area contributed by atoms with Gasteiger partial charge in [0, 0.05) is 36.2 Å². The van der Waals surface area contributed by atoms with Crippen LogP contribution in [0.25, 0.3) is 0 Å². The first-order valence-electron chi connectivity index (χ1n) is 10.3. The monoisotopic (exact) mass is 469 g/mol. The Morgan fingerprint density at radius 1 is 1.12 bits per heavy atom. The van der Waals surface area contributed by atoms with Crippen LogP contribution in [0.5, 0.6) is 5.75 Å². The van der Waals surface area contributed by atoms with Gasteiger partial charge in [0.25, 0.3) is 0 Å². The standard InChI is InChI=1S/C22H23N5O5S/c28-19-5-1-4-18-17(19)3-2-14-27(18)20-10-12-23-22(26-20)25-15-6-8-16(9-7-15)33(31,32)24-13-11-21(29)30/h1,4-10,12,24,28H,2-3,11,13-14H2,(H,29,30)(H,23,25,26). The zero-order valence-electron chi connectivity index (χ0n) is 17.6. The predicted molar refractivity (Wildman–Crippen MR) is 123 cm³/mol. The van der Waals surface area contributed by atoms with Crippen molar-refractivity contribution in [3.8, 4) is 5.75 Å². The molecule has 33 heavy (non-hydrogen) atoms. The van der Waals surface area contributed by atoms with E-state index in [1.54, 1.807) is 36.5 Å². The third kappa shape index (κ3) is 5.21. The van der Waals surface area contributed by atoms with Crippen molar-refractivity contribution < 1.29 is 23.4 Å². The Morgan fingerprint density at radius 2 is 1.91 bits per heavy atom. The number of nitrogens with zero attached hydrogens (tertiary/aromatic N) is 3. The lowest BCUT2D eigenvalue weighted by atomic mass is 10.0. The van der Waals surface area contributed by atoms with Crippen molar-refractivity contribution in [3.05, 3.63) is 60.3 Å². The van der Waals surface area contributed by atoms with Gasteiger partial charge in [0.1, 0.15) is 11.6 Å². The number of benzene rings is 2. The molecule has 1 aliphatic rings. The van der Waals surface area contributed by atoms with Gasteiger partial charge >= 0.3 is 5.97 Å². The third-order valence-electron chi connectivity index (χ3n) is 5.19. The van der Waals surface area contributed by atoms with Crippen molar-refractivity contribution in [1.82, 2.24) is 14.7 Å². The third-order valence-corrected chi connectivity index (χ3v) is 6.67. The summed E-state index contributed by atoms with van der Waals surface area (Å²) in [6, 6.07) is 13.2. The number of fused-ring (bicyclic) bond motifs is 1. The second-order valence-corrected chi connectivity index (χ2v) is 9.23. The average molecular weight is 470 g/mol. The van der Waals surface area contributed by atoms with E-state index in [0.29, 0.717) is 17.5 Å². The highest BCUT2D eigenvalue weighted by atomic mass is 32.2. The number of anilines is 4. The van der Waals surface area contributed by atoms with E-state index in [2.05, 4.69) is 20.0 Å². The van der Waals surface area contributed by atoms with Crippen molar-refractivity contribution >= 4 is 39.1 Å². The molecular formula is C22H23N5O5S. The largest absolute Gasteiger partial charge is 0.508 e. The summed E-state index contributed by atoms with van der Waals surface area (Å²) >= 11 is 0. The molecule has 0 aliphatic carbocycles. The topological polar surface area (TPSA) is 145 Å². The molecule has 0 spiro atoms. The second kappa shape index (κ2) is 9.43. The van der Waals surface area contributed by atoms with Crippen LogP contribution < -0.4 is 14.9 Å². The van der Waals surface area contributed by atoms with E-state index in [1.807, 2.05) is 11.0 Å². The summed E-state index contributed by atoms with van der Waals surface area (Å²) < 4.78 is 26.8. The van der Waals surface area contributed by atoms with E-state index in [0.717, 1.165) is 30.6 Å². The molecule has 1 aromatic heterocycles. The first kappa shape index (κ1) is 22.5. The van der Waals surface area contributed by atoms with Crippen molar-refractivity contribution in [3.63, 3.8) is 0 Å². The number of carbonyl (C=O) groups is 1. The van der Waals surface area contributed by atoms with Crippen LogP contribution in [0.3, 0.4) is 0 Å². The fraction of sp³-hybridized carbons (Fsp3) is 0.227. The summed E-state index contributed by atoms with van der Waals surface area (Å²) in [5.74, 6) is 0.220. The number of phenolic OH excluding ortho intramolecular Hbond substituents is 1. The van der Waals surface area contributed by atoms with Crippen LogP contribution in [0.15, 0.2) is 59.6 Å². The van der Waals surface area contributed by atoms with Crippen molar-refractivity contribution in [2.75, 3.05) is 23.3 Å². The fourth-order valence-corrected chi connectivity index (χ4v) is 4.66. The van der Waals surface area contributed by atoms with E-state index in [1.165, 1.54) is 12.1 Å². The zero-order valence-corrected chi connectivity index (χ0v) is 18.4. The molecule has 0 saturated heterocycles. The molecule has 0 fully saturated rings. The van der Waals surface area contributed by atoms with Gasteiger partial charge in [-0.05, 0) is 55.3 Å². The van der Waals surface area contributed by atoms with E-state index >= 15 is 0 Å². The minimum absolute atomic E-state index is 0.0258. The van der Waals surface area contributed by atoms with Crippen LogP contribution >= 0.6 is 0 Å². The number of nitrogens with one attached hydrogen (secondary N) is 2. The molecule has 0 radical (unpaired) electrons. The number of phenols is 1. The SMILES string of the molecule is O=C(O)CCNS(=O)(=O)c1ccc(Nc2nccc(N3CCCc4c(O)cccc43)n2)cc1. The van der Waals surface area contributed by atoms with Gasteiger partial charge in [0.05, 0.1) is 11.3 Å². The first-order chi connectivity index (χ1) is 15.8. The highest BCUT2D eigenvalue weighted by molar-refractivity contribution is 7.89. The molecule has 3 aromatic rings. The lowest BCUT2D eigenvalue weighted by Crippen LogP contribution is -2.26.